The smallest absolute Gasteiger partial charge is 0.345 e. The summed E-state index contributed by atoms with van der Waals surface area (Å²) in [6.07, 6.45) is -1.22. The number of benzene rings is 2. The SMILES string of the molecule is CC(=O)Nc1ccc(NC(=O)[C@H](C)OC(=O)c2cc(Cl)ccc2[N+](=O)[O-])cc1. The minimum atomic E-state index is -1.22. The van der Waals surface area contributed by atoms with Gasteiger partial charge < -0.3 is 15.4 Å². The summed E-state index contributed by atoms with van der Waals surface area (Å²) in [6, 6.07) is 9.75. The largest absolute Gasteiger partial charge is 0.449 e. The second kappa shape index (κ2) is 8.96. The molecule has 0 bridgehead atoms. The molecule has 2 amide bonds. The van der Waals surface area contributed by atoms with Crippen molar-refractivity contribution in [2.45, 2.75) is 20.0 Å². The Morgan fingerprint density at radius 2 is 1.64 bits per heavy atom. The van der Waals surface area contributed by atoms with Crippen molar-refractivity contribution in [2.75, 3.05) is 10.6 Å². The summed E-state index contributed by atoms with van der Waals surface area (Å²) >= 11 is 5.78. The summed E-state index contributed by atoms with van der Waals surface area (Å²) < 4.78 is 5.02. The van der Waals surface area contributed by atoms with Gasteiger partial charge in [-0.05, 0) is 43.3 Å². The molecule has 28 heavy (non-hydrogen) atoms. The number of carbonyl (C=O) groups is 3. The topological polar surface area (TPSA) is 128 Å². The molecule has 10 heteroatoms. The van der Waals surface area contributed by atoms with Crippen LogP contribution in [-0.4, -0.2) is 28.8 Å². The van der Waals surface area contributed by atoms with Crippen molar-refractivity contribution < 1.29 is 24.0 Å². The molecule has 0 saturated heterocycles. The first kappa shape index (κ1) is 20.8. The highest BCUT2D eigenvalue weighted by Crippen LogP contribution is 2.24. The highest BCUT2D eigenvalue weighted by atomic mass is 35.5. The third kappa shape index (κ3) is 5.52. The molecule has 2 N–H and O–H groups in total. The van der Waals surface area contributed by atoms with Gasteiger partial charge in [-0.2, -0.15) is 0 Å². The minimum Gasteiger partial charge on any atom is -0.449 e. The molecule has 0 spiro atoms. The number of halogens is 1. The van der Waals surface area contributed by atoms with Gasteiger partial charge in [0.1, 0.15) is 5.56 Å². The molecule has 0 aromatic heterocycles. The van der Waals surface area contributed by atoms with Crippen LogP contribution in [0.3, 0.4) is 0 Å². The predicted molar refractivity (Wildman–Crippen MR) is 102 cm³/mol. The first-order valence-corrected chi connectivity index (χ1v) is 8.38. The molecule has 0 unspecified atom stereocenters. The Hall–Kier alpha value is -3.46. The van der Waals surface area contributed by atoms with Crippen LogP contribution in [0.15, 0.2) is 42.5 Å². The predicted octanol–water partition coefficient (Wildman–Crippen LogP) is 3.39. The van der Waals surface area contributed by atoms with E-state index in [1.54, 1.807) is 24.3 Å². The number of nitrogens with zero attached hydrogens (tertiary/aromatic N) is 1. The molecule has 0 saturated carbocycles. The van der Waals surface area contributed by atoms with E-state index in [-0.39, 0.29) is 16.5 Å². The Morgan fingerprint density at radius 1 is 1.07 bits per heavy atom. The summed E-state index contributed by atoms with van der Waals surface area (Å²) in [7, 11) is 0. The number of anilines is 2. The number of hydrogen-bond donors (Lipinski definition) is 2. The number of nitro benzene ring substituents is 1. The van der Waals surface area contributed by atoms with Crippen LogP contribution in [0, 0.1) is 10.1 Å². The lowest BCUT2D eigenvalue weighted by atomic mass is 10.2. The van der Waals surface area contributed by atoms with Crippen LogP contribution in [0.25, 0.3) is 0 Å². The molecule has 0 radical (unpaired) electrons. The summed E-state index contributed by atoms with van der Waals surface area (Å²) in [6.45, 7) is 2.70. The lowest BCUT2D eigenvalue weighted by Crippen LogP contribution is -2.30. The summed E-state index contributed by atoms with van der Waals surface area (Å²) in [5.74, 6) is -1.91. The Balaban J connectivity index is 2.04. The first-order valence-electron chi connectivity index (χ1n) is 8.01. The highest BCUT2D eigenvalue weighted by Gasteiger charge is 2.25. The van der Waals surface area contributed by atoms with E-state index in [1.807, 2.05) is 0 Å². The monoisotopic (exact) mass is 405 g/mol. The maximum Gasteiger partial charge on any atom is 0.345 e. The van der Waals surface area contributed by atoms with Crippen molar-refractivity contribution in [3.8, 4) is 0 Å². The van der Waals surface area contributed by atoms with Crippen molar-refractivity contribution in [2.24, 2.45) is 0 Å². The van der Waals surface area contributed by atoms with Gasteiger partial charge in [0.25, 0.3) is 11.6 Å². The second-order valence-electron chi connectivity index (χ2n) is 5.71. The van der Waals surface area contributed by atoms with E-state index in [9.17, 15) is 24.5 Å². The van der Waals surface area contributed by atoms with E-state index in [0.29, 0.717) is 11.4 Å². The van der Waals surface area contributed by atoms with Gasteiger partial charge in [0.05, 0.1) is 4.92 Å². The molecular weight excluding hydrogens is 390 g/mol. The molecule has 2 rings (SSSR count). The van der Waals surface area contributed by atoms with Crippen molar-refractivity contribution in [1.29, 1.82) is 0 Å². The molecule has 0 heterocycles. The zero-order valence-corrected chi connectivity index (χ0v) is 15.6. The lowest BCUT2D eigenvalue weighted by molar-refractivity contribution is -0.385. The van der Waals surface area contributed by atoms with E-state index >= 15 is 0 Å². The lowest BCUT2D eigenvalue weighted by Gasteiger charge is -2.14. The van der Waals surface area contributed by atoms with Crippen molar-refractivity contribution >= 4 is 46.4 Å². The van der Waals surface area contributed by atoms with Crippen molar-refractivity contribution in [1.82, 2.24) is 0 Å². The minimum absolute atomic E-state index is 0.119. The second-order valence-corrected chi connectivity index (χ2v) is 6.15. The standard InChI is InChI=1S/C18H16ClN3O6/c1-10(17(24)21-14-6-4-13(5-7-14)20-11(2)23)28-18(25)15-9-12(19)3-8-16(15)22(26)27/h3-10H,1-2H3,(H,20,23)(H,21,24)/t10-/m0/s1. The maximum absolute atomic E-state index is 12.2. The molecule has 0 aliphatic carbocycles. The normalized spacial score (nSPS) is 11.2. The molecule has 2 aromatic carbocycles. The number of carbonyl (C=O) groups excluding carboxylic acids is 3. The van der Waals surface area contributed by atoms with Crippen LogP contribution in [0.4, 0.5) is 17.1 Å². The molecule has 2 aromatic rings. The molecule has 0 aliphatic rings. The number of nitrogens with one attached hydrogen (secondary N) is 2. The van der Waals surface area contributed by atoms with Gasteiger partial charge in [0.2, 0.25) is 5.91 Å². The van der Waals surface area contributed by atoms with Crippen LogP contribution < -0.4 is 10.6 Å². The third-order valence-electron chi connectivity index (χ3n) is 3.50. The average molecular weight is 406 g/mol. The zero-order valence-electron chi connectivity index (χ0n) is 14.9. The van der Waals surface area contributed by atoms with E-state index in [4.69, 9.17) is 16.3 Å². The number of rotatable bonds is 6. The summed E-state index contributed by atoms with van der Waals surface area (Å²) in [5, 5.41) is 16.3. The number of esters is 1. The fourth-order valence-corrected chi connectivity index (χ4v) is 2.36. The number of ether oxygens (including phenoxy) is 1. The molecule has 1 atom stereocenters. The fraction of sp³-hybridized carbons (Fsp3) is 0.167. The van der Waals surface area contributed by atoms with Crippen LogP contribution in [-0.2, 0) is 14.3 Å². The van der Waals surface area contributed by atoms with Crippen LogP contribution in [0.5, 0.6) is 0 Å². The quantitative estimate of drug-likeness (QED) is 0.430. The van der Waals surface area contributed by atoms with Crippen LogP contribution >= 0.6 is 11.6 Å². The fourth-order valence-electron chi connectivity index (χ4n) is 2.19. The van der Waals surface area contributed by atoms with Gasteiger partial charge in [-0.3, -0.25) is 19.7 Å². The van der Waals surface area contributed by atoms with Gasteiger partial charge in [0, 0.05) is 29.4 Å². The van der Waals surface area contributed by atoms with E-state index in [0.717, 1.165) is 12.1 Å². The van der Waals surface area contributed by atoms with Crippen molar-refractivity contribution in [3.05, 3.63) is 63.2 Å². The maximum atomic E-state index is 12.2. The summed E-state index contributed by atoms with van der Waals surface area (Å²) in [4.78, 5) is 45.7. The first-order chi connectivity index (χ1) is 13.2. The Kier molecular flexibility index (Phi) is 6.67. The van der Waals surface area contributed by atoms with Gasteiger partial charge in [-0.25, -0.2) is 4.79 Å². The molecule has 0 fully saturated rings. The van der Waals surface area contributed by atoms with Gasteiger partial charge in [0.15, 0.2) is 6.10 Å². The van der Waals surface area contributed by atoms with Gasteiger partial charge in [-0.1, -0.05) is 11.6 Å². The number of amides is 2. The Labute approximate surface area is 164 Å². The van der Waals surface area contributed by atoms with Gasteiger partial charge >= 0.3 is 5.97 Å². The molecule has 146 valence electrons. The van der Waals surface area contributed by atoms with Gasteiger partial charge in [-0.15, -0.1) is 0 Å². The molecule has 0 aliphatic heterocycles. The number of hydrogen-bond acceptors (Lipinski definition) is 6. The van der Waals surface area contributed by atoms with Crippen molar-refractivity contribution in [3.63, 3.8) is 0 Å². The Bertz CT molecular complexity index is 929. The zero-order chi connectivity index (χ0) is 20.8. The van der Waals surface area contributed by atoms with Crippen LogP contribution in [0.1, 0.15) is 24.2 Å². The summed E-state index contributed by atoms with van der Waals surface area (Å²) in [5.41, 5.74) is 0.140. The van der Waals surface area contributed by atoms with E-state index < -0.39 is 28.6 Å². The number of nitro groups is 1. The third-order valence-corrected chi connectivity index (χ3v) is 3.74. The highest BCUT2D eigenvalue weighted by molar-refractivity contribution is 6.31. The molecular formula is C18H16ClN3O6. The van der Waals surface area contributed by atoms with E-state index in [2.05, 4.69) is 10.6 Å². The van der Waals surface area contributed by atoms with Crippen LogP contribution in [0.2, 0.25) is 5.02 Å². The van der Waals surface area contributed by atoms with E-state index in [1.165, 1.54) is 19.9 Å². The molecule has 9 nitrogen and oxygen atoms in total. The average Bonchev–Trinajstić information content (AvgIpc) is 2.62. The Morgan fingerprint density at radius 3 is 2.18 bits per heavy atom.